The minimum Gasteiger partial charge on any atom is -0.508 e. The number of ether oxygens (including phenoxy) is 1. The van der Waals surface area contributed by atoms with Gasteiger partial charge in [-0.1, -0.05) is 84.1 Å². The van der Waals surface area contributed by atoms with Crippen LogP contribution >= 0.6 is 22.6 Å². The van der Waals surface area contributed by atoms with E-state index in [4.69, 9.17) is 4.74 Å². The lowest BCUT2D eigenvalue weighted by atomic mass is 9.88. The molecule has 0 saturated heterocycles. The van der Waals surface area contributed by atoms with Crippen molar-refractivity contribution in [2.24, 2.45) is 0 Å². The predicted octanol–water partition coefficient (Wildman–Crippen LogP) is 6.58. The van der Waals surface area contributed by atoms with Gasteiger partial charge < -0.3 is 9.84 Å². The Balaban J connectivity index is 2.13. The van der Waals surface area contributed by atoms with Crippen LogP contribution in [0.3, 0.4) is 0 Å². The molecule has 3 aromatic rings. The number of phenols is 1. The zero-order valence-electron chi connectivity index (χ0n) is 15.4. The minimum absolute atomic E-state index is 0.276. The summed E-state index contributed by atoms with van der Waals surface area (Å²) in [5.41, 5.74) is 5.91. The summed E-state index contributed by atoms with van der Waals surface area (Å²) in [4.78, 5) is 0. The van der Waals surface area contributed by atoms with Crippen molar-refractivity contribution in [3.05, 3.63) is 95.6 Å². The molecule has 2 nitrogen and oxygen atoms in total. The molecule has 0 aliphatic heterocycles. The number of benzene rings is 3. The molecule has 0 unspecified atom stereocenters. The highest BCUT2D eigenvalue weighted by Gasteiger charge is 2.13. The van der Waals surface area contributed by atoms with E-state index in [1.807, 2.05) is 30.3 Å². The van der Waals surface area contributed by atoms with Gasteiger partial charge in [0.05, 0.1) is 6.61 Å². The number of rotatable bonds is 7. The fraction of sp³-hybridized carbons (Fsp3) is 0.167. The lowest BCUT2D eigenvalue weighted by Crippen LogP contribution is -1.98. The molecule has 0 aliphatic carbocycles. The second-order valence-corrected chi connectivity index (χ2v) is 7.26. The number of alkyl halides is 1. The maximum atomic E-state index is 9.71. The molecule has 3 heteroatoms. The van der Waals surface area contributed by atoms with Gasteiger partial charge in [0.1, 0.15) is 11.5 Å². The van der Waals surface area contributed by atoms with Gasteiger partial charge in [-0.15, -0.1) is 0 Å². The number of allylic oxidation sites excluding steroid dienone is 1. The number of aromatic hydroxyl groups is 1. The summed E-state index contributed by atoms with van der Waals surface area (Å²) in [5, 5.41) is 9.71. The Morgan fingerprint density at radius 2 is 1.41 bits per heavy atom. The van der Waals surface area contributed by atoms with Gasteiger partial charge in [0.15, 0.2) is 0 Å². The normalized spacial score (nSPS) is 11.8. The first-order valence-electron chi connectivity index (χ1n) is 9.10. The van der Waals surface area contributed by atoms with E-state index in [0.717, 1.165) is 27.7 Å². The van der Waals surface area contributed by atoms with E-state index >= 15 is 0 Å². The van der Waals surface area contributed by atoms with Crippen LogP contribution < -0.4 is 4.74 Å². The third-order valence-corrected chi connectivity index (χ3v) is 4.86. The van der Waals surface area contributed by atoms with Crippen LogP contribution in [0.15, 0.2) is 78.9 Å². The van der Waals surface area contributed by atoms with Crippen LogP contribution in [0.4, 0.5) is 0 Å². The average molecular weight is 470 g/mol. The molecule has 3 rings (SSSR count). The molecule has 27 heavy (non-hydrogen) atoms. The molecule has 0 aliphatic rings. The first kappa shape index (κ1) is 19.5. The van der Waals surface area contributed by atoms with Crippen LogP contribution in [-0.2, 0) is 0 Å². The summed E-state index contributed by atoms with van der Waals surface area (Å²) in [6.45, 7) is 2.89. The lowest BCUT2D eigenvalue weighted by Gasteiger charge is -2.17. The molecular formula is C24H23IO2. The van der Waals surface area contributed by atoms with Crippen LogP contribution in [0.1, 0.15) is 30.0 Å². The van der Waals surface area contributed by atoms with E-state index in [-0.39, 0.29) is 5.75 Å². The van der Waals surface area contributed by atoms with Gasteiger partial charge in [-0.3, -0.25) is 0 Å². The fourth-order valence-electron chi connectivity index (χ4n) is 3.18. The number of phenolic OH excluding ortho intramolecular Hbond substituents is 1. The monoisotopic (exact) mass is 470 g/mol. The van der Waals surface area contributed by atoms with Gasteiger partial charge in [-0.2, -0.15) is 0 Å². The van der Waals surface area contributed by atoms with E-state index in [1.54, 1.807) is 12.1 Å². The van der Waals surface area contributed by atoms with Crippen molar-refractivity contribution in [3.63, 3.8) is 0 Å². The lowest BCUT2D eigenvalue weighted by molar-refractivity contribution is 0.346. The average Bonchev–Trinajstić information content (AvgIpc) is 2.72. The van der Waals surface area contributed by atoms with Gasteiger partial charge in [0, 0.05) is 4.43 Å². The van der Waals surface area contributed by atoms with Crippen molar-refractivity contribution in [3.8, 4) is 11.5 Å². The van der Waals surface area contributed by atoms with Crippen molar-refractivity contribution < 1.29 is 9.84 Å². The molecule has 0 fully saturated rings. The summed E-state index contributed by atoms with van der Waals surface area (Å²) in [6, 6.07) is 26.2. The third-order valence-electron chi connectivity index (χ3n) is 4.42. The maximum Gasteiger partial charge on any atom is 0.119 e. The quantitative estimate of drug-likeness (QED) is 0.240. The fourth-order valence-corrected chi connectivity index (χ4v) is 3.40. The SMILES string of the molecule is CC/C(=C(/c1ccc(O)cc1)c1ccc(OCCI)cc1)c1ccccc1. The Morgan fingerprint density at radius 1 is 0.815 bits per heavy atom. The minimum atomic E-state index is 0.276. The van der Waals surface area contributed by atoms with Crippen LogP contribution in [0.5, 0.6) is 11.5 Å². The Kier molecular flexibility index (Phi) is 6.93. The summed E-state index contributed by atoms with van der Waals surface area (Å²) in [7, 11) is 0. The predicted molar refractivity (Wildman–Crippen MR) is 122 cm³/mol. The Morgan fingerprint density at radius 3 is 1.96 bits per heavy atom. The van der Waals surface area contributed by atoms with E-state index in [9.17, 15) is 5.11 Å². The molecule has 0 spiro atoms. The Hall–Kier alpha value is -2.27. The second-order valence-electron chi connectivity index (χ2n) is 6.18. The van der Waals surface area contributed by atoms with Gasteiger partial charge in [-0.05, 0) is 58.5 Å². The highest BCUT2D eigenvalue weighted by Crippen LogP contribution is 2.35. The first-order chi connectivity index (χ1) is 13.2. The molecule has 3 aromatic carbocycles. The van der Waals surface area contributed by atoms with Gasteiger partial charge in [0.25, 0.3) is 0 Å². The third kappa shape index (κ3) is 4.92. The van der Waals surface area contributed by atoms with Crippen molar-refractivity contribution in [1.29, 1.82) is 0 Å². The molecule has 138 valence electrons. The topological polar surface area (TPSA) is 29.5 Å². The Bertz CT molecular complexity index is 882. The van der Waals surface area contributed by atoms with E-state index < -0.39 is 0 Å². The van der Waals surface area contributed by atoms with Crippen LogP contribution in [0.25, 0.3) is 11.1 Å². The van der Waals surface area contributed by atoms with E-state index in [0.29, 0.717) is 6.61 Å². The summed E-state index contributed by atoms with van der Waals surface area (Å²) < 4.78 is 6.69. The first-order valence-corrected chi connectivity index (χ1v) is 10.6. The largest absolute Gasteiger partial charge is 0.508 e. The van der Waals surface area contributed by atoms with Crippen molar-refractivity contribution in [2.45, 2.75) is 13.3 Å². The molecular weight excluding hydrogens is 447 g/mol. The van der Waals surface area contributed by atoms with Crippen LogP contribution in [0.2, 0.25) is 0 Å². The van der Waals surface area contributed by atoms with Crippen LogP contribution in [0, 0.1) is 0 Å². The van der Waals surface area contributed by atoms with Gasteiger partial charge in [0.2, 0.25) is 0 Å². The molecule has 0 bridgehead atoms. The zero-order chi connectivity index (χ0) is 19.1. The van der Waals surface area contributed by atoms with Crippen molar-refractivity contribution >= 4 is 33.7 Å². The van der Waals surface area contributed by atoms with Crippen molar-refractivity contribution in [1.82, 2.24) is 0 Å². The second kappa shape index (κ2) is 9.60. The van der Waals surface area contributed by atoms with E-state index in [2.05, 4.69) is 65.9 Å². The van der Waals surface area contributed by atoms with Gasteiger partial charge >= 0.3 is 0 Å². The molecule has 1 N–H and O–H groups in total. The van der Waals surface area contributed by atoms with Gasteiger partial charge in [-0.25, -0.2) is 0 Å². The summed E-state index contributed by atoms with van der Waals surface area (Å²) in [5.74, 6) is 1.16. The molecule has 0 atom stereocenters. The number of hydrogen-bond donors (Lipinski definition) is 1. The van der Waals surface area contributed by atoms with Crippen molar-refractivity contribution in [2.75, 3.05) is 11.0 Å². The molecule has 0 aromatic heterocycles. The zero-order valence-corrected chi connectivity index (χ0v) is 17.5. The summed E-state index contributed by atoms with van der Waals surface area (Å²) in [6.07, 6.45) is 0.910. The van der Waals surface area contributed by atoms with Crippen LogP contribution in [-0.4, -0.2) is 16.1 Å². The Labute approximate surface area is 174 Å². The van der Waals surface area contributed by atoms with E-state index in [1.165, 1.54) is 16.7 Å². The highest BCUT2D eigenvalue weighted by molar-refractivity contribution is 14.1. The summed E-state index contributed by atoms with van der Waals surface area (Å²) >= 11 is 2.31. The molecule has 0 amide bonds. The highest BCUT2D eigenvalue weighted by atomic mass is 127. The number of hydrogen-bond acceptors (Lipinski definition) is 2. The number of halogens is 1. The maximum absolute atomic E-state index is 9.71. The standard InChI is InChI=1S/C24H23IO2/c1-2-23(18-6-4-3-5-7-18)24(19-8-12-21(26)13-9-19)20-10-14-22(15-11-20)27-17-16-25/h3-15,26H,2,16-17H2,1H3/b24-23+. The molecule has 0 saturated carbocycles. The smallest absolute Gasteiger partial charge is 0.119 e. The molecule has 0 radical (unpaired) electrons. The molecule has 0 heterocycles.